The number of hydrogen-bond acceptors (Lipinski definition) is 3. The van der Waals surface area contributed by atoms with E-state index in [1.54, 1.807) is 12.1 Å². The Morgan fingerprint density at radius 3 is 2.33 bits per heavy atom. The molecule has 1 aromatic heterocycles. The molecule has 1 aliphatic heterocycles. The standard InChI is InChI=1S/C22H21F3N2O2S/c1-15-3-6-18(7-4-15)30(28,29)27-14-20(16-9-11-26(2)12-10-16)19-13-17(22(23,24)25)5-8-21(19)27/h3-9,13-14H,10-12H2,1-2H3. The molecule has 0 bridgehead atoms. The average molecular weight is 434 g/mol. The van der Waals surface area contributed by atoms with E-state index in [0.29, 0.717) is 18.5 Å². The van der Waals surface area contributed by atoms with Crippen LogP contribution in [0.15, 0.2) is 59.6 Å². The second kappa shape index (κ2) is 7.28. The normalized spacial score (nSPS) is 16.1. The molecule has 8 heteroatoms. The van der Waals surface area contributed by atoms with E-state index < -0.39 is 21.8 Å². The van der Waals surface area contributed by atoms with E-state index in [1.165, 1.54) is 24.4 Å². The first-order valence-corrected chi connectivity index (χ1v) is 10.9. The molecule has 2 heterocycles. The Labute approximate surface area is 173 Å². The molecule has 0 aliphatic carbocycles. The van der Waals surface area contributed by atoms with Crippen LogP contribution in [0.1, 0.15) is 23.1 Å². The highest BCUT2D eigenvalue weighted by molar-refractivity contribution is 7.90. The van der Waals surface area contributed by atoms with Gasteiger partial charge in [0.2, 0.25) is 0 Å². The molecule has 0 N–H and O–H groups in total. The van der Waals surface area contributed by atoms with Gasteiger partial charge in [0.15, 0.2) is 0 Å². The van der Waals surface area contributed by atoms with Crippen molar-refractivity contribution >= 4 is 26.5 Å². The lowest BCUT2D eigenvalue weighted by Crippen LogP contribution is -2.23. The first kappa shape index (κ1) is 20.7. The molecule has 0 saturated heterocycles. The predicted octanol–water partition coefficient (Wildman–Crippen LogP) is 4.92. The van der Waals surface area contributed by atoms with Gasteiger partial charge in [-0.2, -0.15) is 13.2 Å². The van der Waals surface area contributed by atoms with Gasteiger partial charge < -0.3 is 4.90 Å². The molecular formula is C22H21F3N2O2S. The van der Waals surface area contributed by atoms with E-state index >= 15 is 0 Å². The third-order valence-corrected chi connectivity index (χ3v) is 7.12. The van der Waals surface area contributed by atoms with Crippen LogP contribution in [-0.4, -0.2) is 37.4 Å². The largest absolute Gasteiger partial charge is 0.416 e. The maximum Gasteiger partial charge on any atom is 0.416 e. The number of aryl methyl sites for hydroxylation is 1. The van der Waals surface area contributed by atoms with E-state index in [4.69, 9.17) is 0 Å². The first-order valence-electron chi connectivity index (χ1n) is 9.50. The zero-order valence-electron chi connectivity index (χ0n) is 16.6. The topological polar surface area (TPSA) is 42.3 Å². The van der Waals surface area contributed by atoms with Crippen LogP contribution in [0.3, 0.4) is 0 Å². The summed E-state index contributed by atoms with van der Waals surface area (Å²) in [6.07, 6.45) is -0.473. The summed E-state index contributed by atoms with van der Waals surface area (Å²) in [5.41, 5.74) is 1.74. The second-order valence-corrected chi connectivity index (χ2v) is 9.44. The van der Waals surface area contributed by atoms with Gasteiger partial charge in [0, 0.05) is 30.2 Å². The van der Waals surface area contributed by atoms with Crippen LogP contribution in [0.2, 0.25) is 0 Å². The summed E-state index contributed by atoms with van der Waals surface area (Å²) >= 11 is 0. The quantitative estimate of drug-likeness (QED) is 0.587. The van der Waals surface area contributed by atoms with Crippen molar-refractivity contribution in [3.05, 3.63) is 71.4 Å². The number of halogens is 3. The van der Waals surface area contributed by atoms with Crippen LogP contribution in [0.25, 0.3) is 16.5 Å². The van der Waals surface area contributed by atoms with Crippen molar-refractivity contribution in [1.29, 1.82) is 0 Å². The lowest BCUT2D eigenvalue weighted by atomic mass is 9.98. The van der Waals surface area contributed by atoms with E-state index in [-0.39, 0.29) is 15.8 Å². The van der Waals surface area contributed by atoms with Gasteiger partial charge in [-0.05, 0) is 56.3 Å². The maximum atomic E-state index is 13.3. The van der Waals surface area contributed by atoms with Crippen molar-refractivity contribution in [2.45, 2.75) is 24.4 Å². The first-order chi connectivity index (χ1) is 14.1. The molecule has 4 nitrogen and oxygen atoms in total. The molecule has 0 fully saturated rings. The fraction of sp³-hybridized carbons (Fsp3) is 0.273. The van der Waals surface area contributed by atoms with Crippen LogP contribution >= 0.6 is 0 Å². The van der Waals surface area contributed by atoms with Crippen molar-refractivity contribution in [1.82, 2.24) is 8.87 Å². The molecule has 0 saturated carbocycles. The number of nitrogens with zero attached hydrogens (tertiary/aromatic N) is 2. The van der Waals surface area contributed by atoms with E-state index in [0.717, 1.165) is 33.8 Å². The Kier molecular flexibility index (Phi) is 5.02. The van der Waals surface area contributed by atoms with Crippen LogP contribution in [0, 0.1) is 6.92 Å². The molecule has 0 spiro atoms. The SMILES string of the molecule is Cc1ccc(S(=O)(=O)n2cc(C3=CCN(C)CC3)c3cc(C(F)(F)F)ccc32)cc1. The summed E-state index contributed by atoms with van der Waals surface area (Å²) in [4.78, 5) is 2.18. The minimum absolute atomic E-state index is 0.0915. The third-order valence-electron chi connectivity index (χ3n) is 5.43. The number of rotatable bonds is 3. The van der Waals surface area contributed by atoms with Gasteiger partial charge in [-0.25, -0.2) is 12.4 Å². The zero-order valence-corrected chi connectivity index (χ0v) is 17.4. The Hall–Kier alpha value is -2.58. The van der Waals surface area contributed by atoms with Gasteiger partial charge in [-0.1, -0.05) is 23.8 Å². The third kappa shape index (κ3) is 3.65. The van der Waals surface area contributed by atoms with Crippen molar-refractivity contribution in [3.63, 3.8) is 0 Å². The highest BCUT2D eigenvalue weighted by Gasteiger charge is 2.32. The molecule has 3 aromatic rings. The minimum Gasteiger partial charge on any atom is -0.302 e. The van der Waals surface area contributed by atoms with Gasteiger partial charge in [-0.15, -0.1) is 0 Å². The second-order valence-electron chi connectivity index (χ2n) is 7.63. The Bertz CT molecular complexity index is 1240. The summed E-state index contributed by atoms with van der Waals surface area (Å²) in [7, 11) is -2.00. The number of hydrogen-bond donors (Lipinski definition) is 0. The number of fused-ring (bicyclic) bond motifs is 1. The number of aromatic nitrogens is 1. The van der Waals surface area contributed by atoms with E-state index in [1.807, 2.05) is 20.0 Å². The lowest BCUT2D eigenvalue weighted by Gasteiger charge is -2.21. The number of likely N-dealkylation sites (N-methyl/N-ethyl adjacent to an activating group) is 1. The van der Waals surface area contributed by atoms with Gasteiger partial charge >= 0.3 is 6.18 Å². The fourth-order valence-electron chi connectivity index (χ4n) is 3.67. The Balaban J connectivity index is 1.96. The lowest BCUT2D eigenvalue weighted by molar-refractivity contribution is -0.137. The van der Waals surface area contributed by atoms with Crippen molar-refractivity contribution in [2.24, 2.45) is 0 Å². The molecule has 30 heavy (non-hydrogen) atoms. The smallest absolute Gasteiger partial charge is 0.302 e. The summed E-state index contributed by atoms with van der Waals surface area (Å²) < 4.78 is 67.7. The van der Waals surface area contributed by atoms with Crippen molar-refractivity contribution in [3.8, 4) is 0 Å². The minimum atomic E-state index is -4.51. The maximum absolute atomic E-state index is 13.3. The molecule has 158 valence electrons. The van der Waals surface area contributed by atoms with Gasteiger partial charge in [0.05, 0.1) is 16.0 Å². The molecule has 4 rings (SSSR count). The predicted molar refractivity (Wildman–Crippen MR) is 111 cm³/mol. The molecule has 0 amide bonds. The zero-order chi connectivity index (χ0) is 21.7. The van der Waals surface area contributed by atoms with E-state index in [2.05, 4.69) is 4.90 Å². The van der Waals surface area contributed by atoms with Crippen LogP contribution in [0.5, 0.6) is 0 Å². The molecule has 0 atom stereocenters. The molecule has 1 aliphatic rings. The van der Waals surface area contributed by atoms with Crippen molar-refractivity contribution < 1.29 is 21.6 Å². The highest BCUT2D eigenvalue weighted by Crippen LogP contribution is 2.37. The number of alkyl halides is 3. The van der Waals surface area contributed by atoms with Crippen LogP contribution < -0.4 is 0 Å². The summed E-state index contributed by atoms with van der Waals surface area (Å²) in [6, 6.07) is 9.62. The van der Waals surface area contributed by atoms with Crippen LogP contribution in [0.4, 0.5) is 13.2 Å². The van der Waals surface area contributed by atoms with E-state index in [9.17, 15) is 21.6 Å². The summed E-state index contributed by atoms with van der Waals surface area (Å²) in [6.45, 7) is 3.26. The fourth-order valence-corrected chi connectivity index (χ4v) is 5.04. The Morgan fingerprint density at radius 2 is 1.73 bits per heavy atom. The summed E-state index contributed by atoms with van der Waals surface area (Å²) in [5.74, 6) is 0. The van der Waals surface area contributed by atoms with Gasteiger partial charge in [0.1, 0.15) is 0 Å². The number of benzene rings is 2. The van der Waals surface area contributed by atoms with Gasteiger partial charge in [-0.3, -0.25) is 0 Å². The van der Waals surface area contributed by atoms with Gasteiger partial charge in [0.25, 0.3) is 10.0 Å². The Morgan fingerprint density at radius 1 is 1.03 bits per heavy atom. The molecule has 2 aromatic carbocycles. The summed E-state index contributed by atoms with van der Waals surface area (Å²) in [5, 5.41) is 0.288. The molecular weight excluding hydrogens is 413 g/mol. The highest BCUT2D eigenvalue weighted by atomic mass is 32.2. The van der Waals surface area contributed by atoms with Crippen molar-refractivity contribution in [2.75, 3.05) is 20.1 Å². The molecule has 0 unspecified atom stereocenters. The average Bonchev–Trinajstić information content (AvgIpc) is 3.08. The monoisotopic (exact) mass is 434 g/mol. The molecule has 0 radical (unpaired) electrons. The van der Waals surface area contributed by atoms with Crippen LogP contribution in [-0.2, 0) is 16.2 Å².